The lowest BCUT2D eigenvalue weighted by molar-refractivity contribution is 0.0706. The highest BCUT2D eigenvalue weighted by Crippen LogP contribution is 2.26. The Bertz CT molecular complexity index is 654. The van der Waals surface area contributed by atoms with Gasteiger partial charge in [0.2, 0.25) is 0 Å². The van der Waals surface area contributed by atoms with Gasteiger partial charge < -0.3 is 15.3 Å². The molecule has 0 saturated carbocycles. The van der Waals surface area contributed by atoms with E-state index in [-0.39, 0.29) is 17.7 Å². The Kier molecular flexibility index (Phi) is 3.32. The number of aromatic hydroxyl groups is 1. The van der Waals surface area contributed by atoms with Crippen LogP contribution in [-0.4, -0.2) is 41.6 Å². The highest BCUT2D eigenvalue weighted by atomic mass is 16.3. The smallest absolute Gasteiger partial charge is 0.257 e. The Labute approximate surface area is 118 Å². The zero-order valence-corrected chi connectivity index (χ0v) is 11.5. The molecule has 0 unspecified atom stereocenters. The van der Waals surface area contributed by atoms with Crippen LogP contribution in [0.3, 0.4) is 0 Å². The third-order valence-electron chi connectivity index (χ3n) is 3.75. The first-order chi connectivity index (χ1) is 9.65. The second-order valence-electron chi connectivity index (χ2n) is 5.32. The van der Waals surface area contributed by atoms with Crippen molar-refractivity contribution < 1.29 is 9.90 Å². The summed E-state index contributed by atoms with van der Waals surface area (Å²) in [5, 5.41) is 15.3. The molecule has 1 fully saturated rings. The molecule has 1 saturated heterocycles. The number of nitrogens with one attached hydrogen (secondary N) is 1. The number of hydrogen-bond donors (Lipinski definition) is 2. The van der Waals surface area contributed by atoms with Crippen LogP contribution >= 0.6 is 0 Å². The minimum atomic E-state index is -0.0957. The predicted octanol–water partition coefficient (Wildman–Crippen LogP) is 1.98. The number of amides is 1. The molecule has 104 valence electrons. The van der Waals surface area contributed by atoms with Crippen molar-refractivity contribution in [1.29, 1.82) is 0 Å². The summed E-state index contributed by atoms with van der Waals surface area (Å²) in [6.07, 6.45) is 0. The van der Waals surface area contributed by atoms with E-state index in [1.54, 1.807) is 17.0 Å². The molecule has 2 aromatic carbocycles. The summed E-state index contributed by atoms with van der Waals surface area (Å²) < 4.78 is 0. The van der Waals surface area contributed by atoms with Gasteiger partial charge in [-0.1, -0.05) is 24.3 Å². The van der Waals surface area contributed by atoms with Gasteiger partial charge in [-0.25, -0.2) is 0 Å². The van der Waals surface area contributed by atoms with E-state index < -0.39 is 0 Å². The molecule has 1 atom stereocenters. The van der Waals surface area contributed by atoms with E-state index in [4.69, 9.17) is 0 Å². The predicted molar refractivity (Wildman–Crippen MR) is 79.0 cm³/mol. The number of carbonyl (C=O) groups excluding carboxylic acids is 1. The van der Waals surface area contributed by atoms with E-state index in [0.717, 1.165) is 17.3 Å². The summed E-state index contributed by atoms with van der Waals surface area (Å²) in [4.78, 5) is 14.3. The number of hydrogen-bond acceptors (Lipinski definition) is 3. The Balaban J connectivity index is 1.96. The first-order valence-corrected chi connectivity index (χ1v) is 6.89. The maximum atomic E-state index is 12.5. The standard InChI is InChI=1S/C16H18N2O2/c1-11-10-18(7-6-17-11)16(20)14-8-12-4-2-3-5-13(12)9-15(14)19/h2-5,8-9,11,17,19H,6-7,10H2,1H3/t11-/m1/s1. The Morgan fingerprint density at radius 2 is 2.00 bits per heavy atom. The molecular formula is C16H18N2O2. The molecule has 0 aliphatic carbocycles. The second kappa shape index (κ2) is 5.13. The van der Waals surface area contributed by atoms with E-state index in [1.165, 1.54) is 0 Å². The molecule has 0 radical (unpaired) electrons. The molecule has 1 amide bonds. The molecule has 1 aliphatic rings. The number of piperazine rings is 1. The topological polar surface area (TPSA) is 52.6 Å². The van der Waals surface area contributed by atoms with E-state index >= 15 is 0 Å². The van der Waals surface area contributed by atoms with E-state index in [0.29, 0.717) is 18.7 Å². The van der Waals surface area contributed by atoms with Gasteiger partial charge in [-0.3, -0.25) is 4.79 Å². The summed E-state index contributed by atoms with van der Waals surface area (Å²) in [7, 11) is 0. The minimum absolute atomic E-state index is 0.0554. The largest absolute Gasteiger partial charge is 0.507 e. The van der Waals surface area contributed by atoms with E-state index in [2.05, 4.69) is 12.2 Å². The van der Waals surface area contributed by atoms with Gasteiger partial charge in [0, 0.05) is 25.7 Å². The van der Waals surface area contributed by atoms with Gasteiger partial charge in [-0.15, -0.1) is 0 Å². The van der Waals surface area contributed by atoms with Crippen LogP contribution in [0, 0.1) is 0 Å². The molecule has 2 N–H and O–H groups in total. The number of carbonyl (C=O) groups is 1. The Morgan fingerprint density at radius 3 is 2.70 bits per heavy atom. The van der Waals surface area contributed by atoms with Gasteiger partial charge in [0.25, 0.3) is 5.91 Å². The molecule has 1 aliphatic heterocycles. The molecule has 4 heteroatoms. The number of phenols is 1. The monoisotopic (exact) mass is 270 g/mol. The highest BCUT2D eigenvalue weighted by Gasteiger charge is 2.23. The molecule has 20 heavy (non-hydrogen) atoms. The third kappa shape index (κ3) is 2.34. The molecule has 2 aromatic rings. The van der Waals surface area contributed by atoms with Crippen LogP contribution in [0.25, 0.3) is 10.8 Å². The van der Waals surface area contributed by atoms with Crippen molar-refractivity contribution in [2.24, 2.45) is 0 Å². The van der Waals surface area contributed by atoms with Gasteiger partial charge in [0.15, 0.2) is 0 Å². The van der Waals surface area contributed by atoms with Crippen molar-refractivity contribution in [3.63, 3.8) is 0 Å². The summed E-state index contributed by atoms with van der Waals surface area (Å²) >= 11 is 0. The molecule has 1 heterocycles. The summed E-state index contributed by atoms with van der Waals surface area (Å²) in [5.41, 5.74) is 0.387. The van der Waals surface area contributed by atoms with E-state index in [9.17, 15) is 9.90 Å². The lowest BCUT2D eigenvalue weighted by atomic mass is 10.0. The van der Waals surface area contributed by atoms with Gasteiger partial charge in [0.1, 0.15) is 5.75 Å². The van der Waals surface area contributed by atoms with Crippen molar-refractivity contribution >= 4 is 16.7 Å². The fourth-order valence-corrected chi connectivity index (χ4v) is 2.69. The number of phenolic OH excluding ortho intramolecular Hbond substituents is 1. The second-order valence-corrected chi connectivity index (χ2v) is 5.32. The summed E-state index contributed by atoms with van der Waals surface area (Å²) in [6, 6.07) is 11.5. The van der Waals surface area contributed by atoms with Gasteiger partial charge in [-0.05, 0) is 29.8 Å². The van der Waals surface area contributed by atoms with Gasteiger partial charge in [0.05, 0.1) is 5.56 Å². The SMILES string of the molecule is C[C@@H]1CN(C(=O)c2cc3ccccc3cc2O)CCN1. The normalized spacial score (nSPS) is 19.2. The van der Waals surface area contributed by atoms with Crippen LogP contribution < -0.4 is 5.32 Å². The maximum Gasteiger partial charge on any atom is 0.257 e. The van der Waals surface area contributed by atoms with Gasteiger partial charge >= 0.3 is 0 Å². The fraction of sp³-hybridized carbons (Fsp3) is 0.312. The average molecular weight is 270 g/mol. The summed E-state index contributed by atoms with van der Waals surface area (Å²) in [6.45, 7) is 4.20. The molecule has 0 bridgehead atoms. The molecule has 0 aromatic heterocycles. The Hall–Kier alpha value is -2.07. The van der Waals surface area contributed by atoms with Crippen LogP contribution in [0.15, 0.2) is 36.4 Å². The zero-order chi connectivity index (χ0) is 14.1. The molecule has 0 spiro atoms. The average Bonchev–Trinajstić information content (AvgIpc) is 2.46. The van der Waals surface area contributed by atoms with Crippen molar-refractivity contribution in [2.75, 3.05) is 19.6 Å². The zero-order valence-electron chi connectivity index (χ0n) is 11.5. The van der Waals surface area contributed by atoms with Crippen molar-refractivity contribution in [3.05, 3.63) is 42.0 Å². The third-order valence-corrected chi connectivity index (χ3v) is 3.75. The number of nitrogens with zero attached hydrogens (tertiary/aromatic N) is 1. The van der Waals surface area contributed by atoms with Crippen molar-refractivity contribution in [3.8, 4) is 5.75 Å². The lowest BCUT2D eigenvalue weighted by Gasteiger charge is -2.32. The lowest BCUT2D eigenvalue weighted by Crippen LogP contribution is -2.51. The van der Waals surface area contributed by atoms with Crippen LogP contribution in [0.5, 0.6) is 5.75 Å². The van der Waals surface area contributed by atoms with Crippen LogP contribution in [0.4, 0.5) is 0 Å². The molecule has 3 rings (SSSR count). The minimum Gasteiger partial charge on any atom is -0.507 e. The first-order valence-electron chi connectivity index (χ1n) is 6.89. The van der Waals surface area contributed by atoms with E-state index in [1.807, 2.05) is 24.3 Å². The van der Waals surface area contributed by atoms with Crippen molar-refractivity contribution in [1.82, 2.24) is 10.2 Å². The van der Waals surface area contributed by atoms with Crippen molar-refractivity contribution in [2.45, 2.75) is 13.0 Å². The maximum absolute atomic E-state index is 12.5. The van der Waals surface area contributed by atoms with Gasteiger partial charge in [-0.2, -0.15) is 0 Å². The summed E-state index contributed by atoms with van der Waals surface area (Å²) in [5.74, 6) is -0.0403. The number of rotatable bonds is 1. The highest BCUT2D eigenvalue weighted by molar-refractivity contribution is 6.01. The van der Waals surface area contributed by atoms with Crippen LogP contribution in [0.2, 0.25) is 0 Å². The Morgan fingerprint density at radius 1 is 1.30 bits per heavy atom. The number of fused-ring (bicyclic) bond motifs is 1. The molecule has 4 nitrogen and oxygen atoms in total. The quantitative estimate of drug-likeness (QED) is 0.833. The first kappa shape index (κ1) is 12.9. The van der Waals surface area contributed by atoms with Crippen LogP contribution in [0.1, 0.15) is 17.3 Å². The number of benzene rings is 2. The van der Waals surface area contributed by atoms with Crippen LogP contribution in [-0.2, 0) is 0 Å². The molecular weight excluding hydrogens is 252 g/mol. The fourth-order valence-electron chi connectivity index (χ4n) is 2.69.